The molecule has 0 radical (unpaired) electrons. The Labute approximate surface area is 347 Å². The summed E-state index contributed by atoms with van der Waals surface area (Å²) in [6.45, 7) is 4.04. The van der Waals surface area contributed by atoms with E-state index >= 15 is 0 Å². The number of benzene rings is 3. The Balaban J connectivity index is 1.01. The van der Waals surface area contributed by atoms with Crippen molar-refractivity contribution in [2.24, 2.45) is 0 Å². The number of fused-ring (bicyclic) bond motifs is 1. The maximum absolute atomic E-state index is 5.15. The Hall–Kier alpha value is -8.10. The van der Waals surface area contributed by atoms with Gasteiger partial charge in [0.1, 0.15) is 0 Å². The molecule has 0 aliphatic heterocycles. The minimum absolute atomic E-state index is 0.790. The predicted octanol–water partition coefficient (Wildman–Crippen LogP) is 12.0. The van der Waals surface area contributed by atoms with E-state index in [4.69, 9.17) is 19.9 Å². The van der Waals surface area contributed by atoms with Crippen LogP contribution in [0, 0.1) is 13.8 Å². The lowest BCUT2D eigenvalue weighted by atomic mass is 9.94. The minimum Gasteiger partial charge on any atom is -0.255 e. The maximum Gasteiger partial charge on any atom is 0.0974 e. The van der Waals surface area contributed by atoms with Crippen molar-refractivity contribution < 1.29 is 0 Å². The molecule has 8 nitrogen and oxygen atoms in total. The van der Waals surface area contributed by atoms with Crippen molar-refractivity contribution in [1.29, 1.82) is 0 Å². The van der Waals surface area contributed by atoms with Crippen molar-refractivity contribution in [1.82, 2.24) is 39.9 Å². The summed E-state index contributed by atoms with van der Waals surface area (Å²) in [6, 6.07) is 53.4. The second-order valence-electron chi connectivity index (χ2n) is 14.5. The summed E-state index contributed by atoms with van der Waals surface area (Å²) in [5.74, 6) is 0. The van der Waals surface area contributed by atoms with Crippen LogP contribution in [0.4, 0.5) is 0 Å². The number of hydrogen-bond donors (Lipinski definition) is 0. The van der Waals surface area contributed by atoms with E-state index in [-0.39, 0.29) is 0 Å². The molecule has 284 valence electrons. The van der Waals surface area contributed by atoms with Crippen LogP contribution in [-0.4, -0.2) is 39.9 Å². The summed E-state index contributed by atoms with van der Waals surface area (Å²) < 4.78 is 0. The van der Waals surface area contributed by atoms with Gasteiger partial charge < -0.3 is 0 Å². The number of nitrogens with zero attached hydrogens (tertiary/aromatic N) is 8. The molecule has 0 saturated carbocycles. The molecule has 0 fully saturated rings. The van der Waals surface area contributed by atoms with Crippen LogP contribution in [0.15, 0.2) is 183 Å². The third-order valence-corrected chi connectivity index (χ3v) is 10.7. The van der Waals surface area contributed by atoms with Gasteiger partial charge in [0.25, 0.3) is 0 Å². The van der Waals surface area contributed by atoms with E-state index in [0.717, 1.165) is 112 Å². The van der Waals surface area contributed by atoms with Crippen molar-refractivity contribution in [3.63, 3.8) is 0 Å². The average molecular weight is 773 g/mol. The van der Waals surface area contributed by atoms with Crippen LogP contribution in [0.25, 0.3) is 101 Å². The lowest BCUT2D eigenvalue weighted by Gasteiger charge is -2.14. The monoisotopic (exact) mass is 772 g/mol. The van der Waals surface area contributed by atoms with Gasteiger partial charge in [0.05, 0.1) is 68.0 Å². The van der Waals surface area contributed by atoms with Gasteiger partial charge in [-0.25, -0.2) is 19.9 Å². The van der Waals surface area contributed by atoms with Crippen molar-refractivity contribution in [2.75, 3.05) is 0 Å². The first-order valence-corrected chi connectivity index (χ1v) is 19.7. The number of aromatic nitrogens is 8. The summed E-state index contributed by atoms with van der Waals surface area (Å²) in [5.41, 5.74) is 18.2. The van der Waals surface area contributed by atoms with Crippen LogP contribution in [-0.2, 0) is 0 Å². The van der Waals surface area contributed by atoms with E-state index in [0.29, 0.717) is 0 Å². The standard InChI is InChI=1S/C52H36N8/c1-33-34(2)58-52-42(38-21-17-36(18-22-38)40-31-49(45-13-5-9-27-55-45)60-50(32-40)46-14-6-10-28-56-46)24-23-41(51(52)57-33)37-19-15-35(16-20-37)39-29-47(43-11-3-7-25-53-43)59-48(30-39)44-12-4-8-26-54-44/h3-32H,1-2H3. The molecule has 10 aromatic rings. The zero-order chi connectivity index (χ0) is 40.4. The van der Waals surface area contributed by atoms with Crippen molar-refractivity contribution in [2.45, 2.75) is 13.8 Å². The molecule has 0 N–H and O–H groups in total. The molecule has 10 rings (SSSR count). The first kappa shape index (κ1) is 36.3. The first-order valence-electron chi connectivity index (χ1n) is 19.7. The molecule has 3 aromatic carbocycles. The highest BCUT2D eigenvalue weighted by Crippen LogP contribution is 2.37. The SMILES string of the molecule is Cc1nc2c(-c3ccc(-c4cc(-c5ccccn5)nc(-c5ccccn5)c4)cc3)ccc(-c3ccc(-c4cc(-c5ccccn5)nc(-c5ccccn5)c4)cc3)c2nc1C. The summed E-state index contributed by atoms with van der Waals surface area (Å²) in [5, 5.41) is 0. The first-order chi connectivity index (χ1) is 29.5. The van der Waals surface area contributed by atoms with Gasteiger partial charge in [-0.15, -0.1) is 0 Å². The quantitative estimate of drug-likeness (QED) is 0.150. The van der Waals surface area contributed by atoms with Gasteiger partial charge in [-0.3, -0.25) is 19.9 Å². The highest BCUT2D eigenvalue weighted by molar-refractivity contribution is 6.01. The fourth-order valence-electron chi connectivity index (χ4n) is 7.43. The van der Waals surface area contributed by atoms with E-state index in [9.17, 15) is 0 Å². The summed E-state index contributed by atoms with van der Waals surface area (Å²) >= 11 is 0. The molecule has 7 heterocycles. The third kappa shape index (κ3) is 7.18. The van der Waals surface area contributed by atoms with Gasteiger partial charge in [0, 0.05) is 35.9 Å². The number of aryl methyl sites for hydroxylation is 2. The molecule has 0 bridgehead atoms. The van der Waals surface area contributed by atoms with Gasteiger partial charge in [-0.1, -0.05) is 84.9 Å². The van der Waals surface area contributed by atoms with Crippen LogP contribution in [0.1, 0.15) is 11.4 Å². The average Bonchev–Trinajstić information content (AvgIpc) is 3.32. The van der Waals surface area contributed by atoms with E-state index in [2.05, 4.69) is 105 Å². The molecule has 0 amide bonds. The van der Waals surface area contributed by atoms with Crippen molar-refractivity contribution >= 4 is 11.0 Å². The minimum atomic E-state index is 0.790. The normalized spacial score (nSPS) is 11.2. The Morgan fingerprint density at radius 3 is 0.850 bits per heavy atom. The fraction of sp³-hybridized carbons (Fsp3) is 0.0385. The summed E-state index contributed by atoms with van der Waals surface area (Å²) in [6.07, 6.45) is 7.16. The van der Waals surface area contributed by atoms with Crippen molar-refractivity contribution in [3.8, 4) is 90.1 Å². The fourth-order valence-corrected chi connectivity index (χ4v) is 7.43. The Bertz CT molecular complexity index is 2790. The van der Waals surface area contributed by atoms with Crippen LogP contribution in [0.2, 0.25) is 0 Å². The van der Waals surface area contributed by atoms with Crippen LogP contribution in [0.5, 0.6) is 0 Å². The molecule has 0 aliphatic carbocycles. The van der Waals surface area contributed by atoms with Gasteiger partial charge in [0.2, 0.25) is 0 Å². The molecule has 0 spiro atoms. The van der Waals surface area contributed by atoms with Crippen LogP contribution in [0.3, 0.4) is 0 Å². The smallest absolute Gasteiger partial charge is 0.0974 e. The van der Waals surface area contributed by atoms with Crippen LogP contribution < -0.4 is 0 Å². The predicted molar refractivity (Wildman–Crippen MR) is 239 cm³/mol. The van der Waals surface area contributed by atoms with E-state index < -0.39 is 0 Å². The topological polar surface area (TPSA) is 103 Å². The molecular weight excluding hydrogens is 737 g/mol. The third-order valence-electron chi connectivity index (χ3n) is 10.7. The van der Waals surface area contributed by atoms with E-state index in [1.54, 1.807) is 24.8 Å². The molecule has 0 atom stereocenters. The lowest BCUT2D eigenvalue weighted by molar-refractivity contribution is 1.10. The largest absolute Gasteiger partial charge is 0.255 e. The van der Waals surface area contributed by atoms with Gasteiger partial charge in [-0.2, -0.15) is 0 Å². The lowest BCUT2D eigenvalue weighted by Crippen LogP contribution is -1.98. The molecular formula is C52H36N8. The van der Waals surface area contributed by atoms with Crippen molar-refractivity contribution in [3.05, 3.63) is 194 Å². The molecule has 0 saturated heterocycles. The molecule has 7 aromatic heterocycles. The van der Waals surface area contributed by atoms with Gasteiger partial charge in [-0.05, 0) is 120 Å². The Morgan fingerprint density at radius 1 is 0.267 bits per heavy atom. The number of hydrogen-bond acceptors (Lipinski definition) is 8. The molecule has 0 aliphatic rings. The second-order valence-corrected chi connectivity index (χ2v) is 14.5. The molecule has 0 unspecified atom stereocenters. The van der Waals surface area contributed by atoms with Gasteiger partial charge >= 0.3 is 0 Å². The van der Waals surface area contributed by atoms with E-state index in [1.165, 1.54) is 0 Å². The highest BCUT2D eigenvalue weighted by atomic mass is 14.8. The zero-order valence-electron chi connectivity index (χ0n) is 32.9. The Kier molecular flexibility index (Phi) is 9.48. The molecule has 8 heteroatoms. The van der Waals surface area contributed by atoms with Gasteiger partial charge in [0.15, 0.2) is 0 Å². The number of pyridine rings is 6. The second kappa shape index (κ2) is 15.7. The molecule has 60 heavy (non-hydrogen) atoms. The van der Waals surface area contributed by atoms with Crippen LogP contribution >= 0.6 is 0 Å². The zero-order valence-corrected chi connectivity index (χ0v) is 32.9. The summed E-state index contributed by atoms with van der Waals surface area (Å²) in [7, 11) is 0. The van der Waals surface area contributed by atoms with E-state index in [1.807, 2.05) is 86.6 Å². The maximum atomic E-state index is 5.15. The number of rotatable bonds is 8. The summed E-state index contributed by atoms with van der Waals surface area (Å²) in [4.78, 5) is 38.5. The highest BCUT2D eigenvalue weighted by Gasteiger charge is 2.17. The Morgan fingerprint density at radius 2 is 0.567 bits per heavy atom.